The van der Waals surface area contributed by atoms with E-state index in [4.69, 9.17) is 4.74 Å². The summed E-state index contributed by atoms with van der Waals surface area (Å²) < 4.78 is 37.1. The smallest absolute Gasteiger partial charge is 0.142 e. The predicted molar refractivity (Wildman–Crippen MR) is 159 cm³/mol. The van der Waals surface area contributed by atoms with E-state index in [0.717, 1.165) is 21.7 Å². The highest BCUT2D eigenvalue weighted by atomic mass is 31.2. The van der Waals surface area contributed by atoms with Gasteiger partial charge in [-0.2, -0.15) is 0 Å². The minimum atomic E-state index is -2.98. The molecule has 1 aliphatic heterocycles. The second-order valence-electron chi connectivity index (χ2n) is 14.9. The average molecular weight is 531 g/mol. The Balaban J connectivity index is 2.47. The number of hydrogen-bond acceptors (Lipinski definition) is 3. The van der Waals surface area contributed by atoms with Crippen LogP contribution >= 0.6 is 14.3 Å². The highest BCUT2D eigenvalue weighted by Gasteiger charge is 2.53. The second-order valence-corrected chi connectivity index (χ2v) is 23.7. The van der Waals surface area contributed by atoms with E-state index in [1.165, 1.54) is 0 Å². The summed E-state index contributed by atoms with van der Waals surface area (Å²) in [5, 5.41) is -0.260. The van der Waals surface area contributed by atoms with E-state index in [1.807, 2.05) is 24.3 Å². The average Bonchev–Trinajstić information content (AvgIpc) is 2.68. The Bertz CT molecular complexity index is 1140. The van der Waals surface area contributed by atoms with Crippen molar-refractivity contribution in [1.29, 1.82) is 0 Å². The van der Waals surface area contributed by atoms with E-state index in [9.17, 15) is 0 Å². The van der Waals surface area contributed by atoms with Crippen molar-refractivity contribution < 1.29 is 13.9 Å². The normalized spacial score (nSPS) is 16.7. The van der Waals surface area contributed by atoms with E-state index in [2.05, 4.69) is 109 Å². The highest BCUT2D eigenvalue weighted by Crippen LogP contribution is 2.70. The first-order valence-corrected chi connectivity index (χ1v) is 16.5. The summed E-state index contributed by atoms with van der Waals surface area (Å²) in [5.41, 5.74) is 1.65. The Morgan fingerprint density at radius 1 is 0.556 bits per heavy atom. The van der Waals surface area contributed by atoms with Gasteiger partial charge in [0.2, 0.25) is 0 Å². The SMILES string of the molecule is CC1(C)c2cccc(P(=O)(C(C)(C)C)C(C)(C)C)c2Oc2c1cccc2P(=O)(C(C)(C)C)C(C)(C)C. The van der Waals surface area contributed by atoms with Crippen LogP contribution in [0.2, 0.25) is 0 Å². The molecule has 0 saturated heterocycles. The van der Waals surface area contributed by atoms with Gasteiger partial charge in [-0.1, -0.05) is 121 Å². The Kier molecular flexibility index (Phi) is 6.78. The van der Waals surface area contributed by atoms with Crippen molar-refractivity contribution in [2.75, 3.05) is 0 Å². The molecule has 0 unspecified atom stereocenters. The summed E-state index contributed by atoms with van der Waals surface area (Å²) >= 11 is 0. The second kappa shape index (κ2) is 8.35. The number of para-hydroxylation sites is 2. The minimum Gasteiger partial charge on any atom is -0.455 e. The van der Waals surface area contributed by atoms with E-state index in [-0.39, 0.29) is 0 Å². The number of hydrogen-bond donors (Lipinski definition) is 0. The van der Waals surface area contributed by atoms with Gasteiger partial charge in [0.05, 0.1) is 10.6 Å². The summed E-state index contributed by atoms with van der Waals surface area (Å²) in [6, 6.07) is 12.2. The van der Waals surface area contributed by atoms with Gasteiger partial charge in [0, 0.05) is 37.2 Å². The van der Waals surface area contributed by atoms with Gasteiger partial charge in [-0.25, -0.2) is 0 Å². The number of ether oxygens (including phenoxy) is 1. The minimum absolute atomic E-state index is 0.407. The largest absolute Gasteiger partial charge is 0.455 e. The van der Waals surface area contributed by atoms with E-state index in [0.29, 0.717) is 11.5 Å². The molecule has 0 spiro atoms. The fraction of sp³-hybridized carbons (Fsp3) is 0.613. The summed E-state index contributed by atoms with van der Waals surface area (Å²) in [6.07, 6.45) is 0. The fourth-order valence-corrected chi connectivity index (χ4v) is 14.9. The van der Waals surface area contributed by atoms with Gasteiger partial charge in [-0.15, -0.1) is 0 Å². The molecule has 36 heavy (non-hydrogen) atoms. The molecule has 0 aliphatic carbocycles. The van der Waals surface area contributed by atoms with Crippen LogP contribution in [0.1, 0.15) is 108 Å². The molecule has 0 atom stereocenters. The molecule has 0 bridgehead atoms. The van der Waals surface area contributed by atoms with Crippen LogP contribution in [-0.4, -0.2) is 20.6 Å². The zero-order valence-electron chi connectivity index (χ0n) is 25.1. The molecule has 0 radical (unpaired) electrons. The molecule has 0 N–H and O–H groups in total. The fourth-order valence-electron chi connectivity index (χ4n) is 6.45. The third kappa shape index (κ3) is 3.99. The Hall–Kier alpha value is -1.30. The summed E-state index contributed by atoms with van der Waals surface area (Å²) in [6.45, 7) is 29.2. The van der Waals surface area contributed by atoms with Gasteiger partial charge in [0.25, 0.3) is 0 Å². The quantitative estimate of drug-likeness (QED) is 0.363. The van der Waals surface area contributed by atoms with E-state index in [1.54, 1.807) is 0 Å². The van der Waals surface area contributed by atoms with Crippen LogP contribution < -0.4 is 15.3 Å². The first-order chi connectivity index (χ1) is 15.9. The van der Waals surface area contributed by atoms with Gasteiger partial charge in [-0.3, -0.25) is 0 Å². The molecule has 3 nitrogen and oxygen atoms in total. The van der Waals surface area contributed by atoms with Crippen LogP contribution in [0.15, 0.2) is 36.4 Å². The third-order valence-corrected chi connectivity index (χ3v) is 17.6. The van der Waals surface area contributed by atoms with Crippen molar-refractivity contribution in [3.63, 3.8) is 0 Å². The van der Waals surface area contributed by atoms with Gasteiger partial charge in [0.1, 0.15) is 25.8 Å². The highest BCUT2D eigenvalue weighted by molar-refractivity contribution is 7.75. The maximum Gasteiger partial charge on any atom is 0.142 e. The molecule has 1 heterocycles. The molecular weight excluding hydrogens is 482 g/mol. The molecular formula is C31H48O3P2. The molecule has 1 aliphatic rings. The lowest BCUT2D eigenvalue weighted by Crippen LogP contribution is -2.39. The first-order valence-electron chi connectivity index (χ1n) is 13.1. The molecule has 0 saturated carbocycles. The molecule has 0 aromatic heterocycles. The van der Waals surface area contributed by atoms with Crippen molar-refractivity contribution in [1.82, 2.24) is 0 Å². The Morgan fingerprint density at radius 3 is 1.08 bits per heavy atom. The summed E-state index contributed by atoms with van der Waals surface area (Å²) in [5.74, 6) is 1.37. The van der Waals surface area contributed by atoms with Gasteiger partial charge in [-0.05, 0) is 12.1 Å². The zero-order valence-corrected chi connectivity index (χ0v) is 26.9. The first kappa shape index (κ1) is 29.3. The third-order valence-electron chi connectivity index (χ3n) is 8.00. The maximum atomic E-state index is 15.1. The zero-order chi connectivity index (χ0) is 27.9. The van der Waals surface area contributed by atoms with Crippen LogP contribution in [0.5, 0.6) is 11.5 Å². The number of benzene rings is 2. The summed E-state index contributed by atoms with van der Waals surface area (Å²) in [4.78, 5) is 0. The van der Waals surface area contributed by atoms with E-state index >= 15 is 9.13 Å². The molecule has 3 rings (SSSR count). The van der Waals surface area contributed by atoms with Crippen molar-refractivity contribution in [3.05, 3.63) is 47.5 Å². The monoisotopic (exact) mass is 530 g/mol. The van der Waals surface area contributed by atoms with E-state index < -0.39 is 40.3 Å². The lowest BCUT2D eigenvalue weighted by Gasteiger charge is -2.46. The van der Waals surface area contributed by atoms with Gasteiger partial charge in [0.15, 0.2) is 0 Å². The molecule has 2 aromatic rings. The lowest BCUT2D eigenvalue weighted by atomic mass is 9.76. The molecule has 200 valence electrons. The van der Waals surface area contributed by atoms with Gasteiger partial charge >= 0.3 is 0 Å². The number of rotatable bonds is 2. The number of fused-ring (bicyclic) bond motifs is 2. The van der Waals surface area contributed by atoms with Crippen LogP contribution in [0.3, 0.4) is 0 Å². The standard InChI is InChI=1S/C31H48O3P2/c1-27(2,3)35(32,28(4,5)6)23-19-15-17-21-25(23)34-26-22(31(21,13)14)18-16-20-24(26)36(33,29(7,8)9)30(10,11)12/h15-20H,1-14H3. The van der Waals surface area contributed by atoms with Crippen LogP contribution in [0.25, 0.3) is 0 Å². The topological polar surface area (TPSA) is 43.4 Å². The van der Waals surface area contributed by atoms with Crippen LogP contribution in [0.4, 0.5) is 0 Å². The maximum absolute atomic E-state index is 15.1. The predicted octanol–water partition coefficient (Wildman–Crippen LogP) is 9.29. The Morgan fingerprint density at radius 2 is 0.833 bits per heavy atom. The van der Waals surface area contributed by atoms with Crippen molar-refractivity contribution in [2.45, 2.75) is 123 Å². The Labute approximate surface area is 220 Å². The molecule has 2 aromatic carbocycles. The van der Waals surface area contributed by atoms with Gasteiger partial charge < -0.3 is 13.9 Å². The van der Waals surface area contributed by atoms with Crippen molar-refractivity contribution in [3.8, 4) is 11.5 Å². The molecule has 5 heteroatoms. The summed E-state index contributed by atoms with van der Waals surface area (Å²) in [7, 11) is -5.97. The lowest BCUT2D eigenvalue weighted by molar-refractivity contribution is 0.422. The molecule has 0 amide bonds. The molecule has 0 fully saturated rings. The van der Waals surface area contributed by atoms with Crippen LogP contribution in [0, 0.1) is 0 Å². The van der Waals surface area contributed by atoms with Crippen LogP contribution in [-0.2, 0) is 14.5 Å². The van der Waals surface area contributed by atoms with Crippen molar-refractivity contribution in [2.24, 2.45) is 0 Å². The van der Waals surface area contributed by atoms with Crippen molar-refractivity contribution >= 4 is 24.9 Å².